The first-order chi connectivity index (χ1) is 30.3. The van der Waals surface area contributed by atoms with Crippen molar-refractivity contribution in [3.63, 3.8) is 0 Å². The molecule has 0 aliphatic heterocycles. The summed E-state index contributed by atoms with van der Waals surface area (Å²) < 4.78 is 13.0. The lowest BCUT2D eigenvalue weighted by Gasteiger charge is -2.41. The third-order valence-electron chi connectivity index (χ3n) is 14.8. The molecule has 0 saturated heterocycles. The van der Waals surface area contributed by atoms with Crippen LogP contribution in [0.5, 0.6) is 0 Å². The lowest BCUT2D eigenvalue weighted by molar-refractivity contribution is -0.132. The Kier molecular flexibility index (Phi) is 43.3. The van der Waals surface area contributed by atoms with E-state index < -0.39 is 19.5 Å². The van der Waals surface area contributed by atoms with Gasteiger partial charge in [-0.05, 0) is 47.6 Å². The van der Waals surface area contributed by atoms with E-state index in [0.29, 0.717) is 11.8 Å². The van der Waals surface area contributed by atoms with Crippen molar-refractivity contribution in [2.75, 3.05) is 0 Å². The van der Waals surface area contributed by atoms with Gasteiger partial charge in [0.1, 0.15) is 0 Å². The summed E-state index contributed by atoms with van der Waals surface area (Å²) in [4.78, 5) is 27.5. The maximum absolute atomic E-state index is 13.8. The Bertz CT molecular complexity index is 888. The van der Waals surface area contributed by atoms with Gasteiger partial charge in [0.25, 0.3) is 0 Å². The van der Waals surface area contributed by atoms with Crippen molar-refractivity contribution in [3.8, 4) is 0 Å². The highest BCUT2D eigenvalue weighted by atomic mass is 28.2. The first-order valence-electron chi connectivity index (χ1n) is 28.3. The molecule has 0 fully saturated rings. The molecule has 0 radical (unpaired) electrons. The molecule has 0 aromatic carbocycles. The molecule has 0 amide bonds. The Balaban J connectivity index is 6.49. The molecule has 0 spiro atoms. The first kappa shape index (κ1) is 61.1. The monoisotopic (exact) mass is 905 g/mol. The van der Waals surface area contributed by atoms with Gasteiger partial charge in [0, 0.05) is 12.2 Å². The van der Waals surface area contributed by atoms with Gasteiger partial charge >= 0.3 is 11.9 Å². The van der Waals surface area contributed by atoms with E-state index in [4.69, 9.17) is 8.85 Å². The predicted molar refractivity (Wildman–Crippen MR) is 281 cm³/mol. The molecule has 0 aromatic heterocycles. The van der Waals surface area contributed by atoms with Crippen LogP contribution in [0, 0.1) is 11.8 Å². The van der Waals surface area contributed by atoms with E-state index in [1.54, 1.807) is 0 Å². The Hall–Kier alpha value is -0.886. The van der Waals surface area contributed by atoms with Crippen LogP contribution in [0.3, 0.4) is 0 Å². The van der Waals surface area contributed by atoms with Gasteiger partial charge in [-0.25, -0.2) is 9.59 Å². The van der Waals surface area contributed by atoms with Gasteiger partial charge in [-0.15, -0.1) is 0 Å². The average molecular weight is 906 g/mol. The third-order valence-corrected chi connectivity index (χ3v) is 19.4. The van der Waals surface area contributed by atoms with E-state index in [1.807, 2.05) is 0 Å². The first-order valence-corrected chi connectivity index (χ1v) is 30.9. The Morgan fingerprint density at radius 3 is 0.758 bits per heavy atom. The zero-order chi connectivity index (χ0) is 45.8. The summed E-state index contributed by atoms with van der Waals surface area (Å²) in [6.45, 7) is 18.5. The number of hydrogen-bond acceptors (Lipinski definition) is 4. The van der Waals surface area contributed by atoms with Gasteiger partial charge < -0.3 is 8.85 Å². The minimum Gasteiger partial charge on any atom is -0.521 e. The molecule has 0 bridgehead atoms. The zero-order valence-corrected chi connectivity index (χ0v) is 46.5. The van der Waals surface area contributed by atoms with Gasteiger partial charge in [0.2, 0.25) is 19.5 Å². The standard InChI is InChI=1S/C56H112O4Si2/c1-9-17-25-33-41-51(42-34-26-18-10-2)55(47-37-29-21-13-5,48-38-30-22-14-6)61-59-53(57)45-46-54(58)60-62-56(49-39-31-23-15-7,50-40-32-24-16-8)52(43-35-27-19-11-3)44-36-28-20-12-4/h45-46,51-52H,9-44,47-50,61-62H2,1-8H3/b46-45-. The molecule has 4 nitrogen and oxygen atoms in total. The fourth-order valence-electron chi connectivity index (χ4n) is 10.7. The second-order valence-electron chi connectivity index (χ2n) is 20.3. The second kappa shape index (κ2) is 44.0. The van der Waals surface area contributed by atoms with Gasteiger partial charge in [0.15, 0.2) is 0 Å². The van der Waals surface area contributed by atoms with Crippen LogP contribution < -0.4 is 0 Å². The number of carbonyl (C=O) groups is 2. The molecule has 0 heterocycles. The molecule has 6 heteroatoms. The Morgan fingerprint density at radius 1 is 0.339 bits per heavy atom. The van der Waals surface area contributed by atoms with E-state index in [0.717, 1.165) is 0 Å². The molecule has 0 aromatic rings. The maximum atomic E-state index is 13.8. The lowest BCUT2D eigenvalue weighted by atomic mass is 9.76. The van der Waals surface area contributed by atoms with Crippen molar-refractivity contribution in [1.29, 1.82) is 0 Å². The minimum atomic E-state index is -1.21. The molecule has 0 aliphatic carbocycles. The van der Waals surface area contributed by atoms with Crippen molar-refractivity contribution < 1.29 is 18.4 Å². The SMILES string of the molecule is CCCCCCC(CCCCCC)C(CCCCCC)(CCCCCC)[SiH2]OC(=O)/C=C\C(=O)O[SiH2]C(CCCCCC)(CCCCCC)C(CCCCCC)CCCCCC. The van der Waals surface area contributed by atoms with Gasteiger partial charge in [-0.3, -0.25) is 0 Å². The van der Waals surface area contributed by atoms with E-state index in [1.165, 1.54) is 269 Å². The van der Waals surface area contributed by atoms with E-state index in [-0.39, 0.29) is 22.0 Å². The number of hydrogen-bond donors (Lipinski definition) is 0. The fraction of sp³-hybridized carbons (Fsp3) is 0.929. The van der Waals surface area contributed by atoms with Crippen LogP contribution in [0.1, 0.15) is 312 Å². The highest BCUT2D eigenvalue weighted by Gasteiger charge is 2.40. The molecule has 0 N–H and O–H groups in total. The van der Waals surface area contributed by atoms with Crippen LogP contribution in [0.25, 0.3) is 0 Å². The van der Waals surface area contributed by atoms with E-state index in [2.05, 4.69) is 55.4 Å². The Labute approximate surface area is 394 Å². The summed E-state index contributed by atoms with van der Waals surface area (Å²) in [5.41, 5.74) is 0. The van der Waals surface area contributed by atoms with Crippen molar-refractivity contribution in [3.05, 3.63) is 12.2 Å². The third kappa shape index (κ3) is 31.1. The topological polar surface area (TPSA) is 52.6 Å². The molecule has 368 valence electrons. The fourth-order valence-corrected chi connectivity index (χ4v) is 14.6. The minimum absolute atomic E-state index is 0.148. The van der Waals surface area contributed by atoms with E-state index >= 15 is 0 Å². The van der Waals surface area contributed by atoms with Crippen LogP contribution in [0.4, 0.5) is 0 Å². The van der Waals surface area contributed by atoms with Crippen LogP contribution in [-0.2, 0) is 18.4 Å². The highest BCUT2D eigenvalue weighted by molar-refractivity contribution is 6.37. The van der Waals surface area contributed by atoms with Crippen LogP contribution in [0.15, 0.2) is 12.2 Å². The summed E-state index contributed by atoms with van der Waals surface area (Å²) in [6.07, 6.45) is 53.9. The molecule has 62 heavy (non-hydrogen) atoms. The largest absolute Gasteiger partial charge is 0.521 e. The summed E-state index contributed by atoms with van der Waals surface area (Å²) in [6, 6.07) is 0. The molecule has 0 saturated carbocycles. The number of carbonyl (C=O) groups excluding carboxylic acids is 2. The van der Waals surface area contributed by atoms with Crippen LogP contribution in [0.2, 0.25) is 10.1 Å². The molecular weight excluding hydrogens is 793 g/mol. The highest BCUT2D eigenvalue weighted by Crippen LogP contribution is 2.51. The summed E-state index contributed by atoms with van der Waals surface area (Å²) in [5.74, 6) is 0.678. The summed E-state index contributed by atoms with van der Waals surface area (Å²) in [7, 11) is -2.42. The number of rotatable bonds is 48. The molecule has 0 aliphatic rings. The molecule has 0 atom stereocenters. The number of unbranched alkanes of at least 4 members (excludes halogenated alkanes) is 24. The Morgan fingerprint density at radius 2 is 0.548 bits per heavy atom. The van der Waals surface area contributed by atoms with Crippen LogP contribution >= 0.6 is 0 Å². The van der Waals surface area contributed by atoms with Crippen molar-refractivity contribution in [2.24, 2.45) is 11.8 Å². The smallest absolute Gasteiger partial charge is 0.317 e. The molecule has 0 unspecified atom stereocenters. The summed E-state index contributed by atoms with van der Waals surface area (Å²) in [5, 5.41) is 0.296. The van der Waals surface area contributed by atoms with E-state index in [9.17, 15) is 9.59 Å². The zero-order valence-electron chi connectivity index (χ0n) is 43.6. The quantitative estimate of drug-likeness (QED) is 0.0347. The van der Waals surface area contributed by atoms with Crippen molar-refractivity contribution in [1.82, 2.24) is 0 Å². The van der Waals surface area contributed by atoms with Crippen molar-refractivity contribution >= 4 is 31.5 Å². The lowest BCUT2D eigenvalue weighted by Crippen LogP contribution is -2.33. The van der Waals surface area contributed by atoms with Gasteiger partial charge in [0.05, 0.1) is 0 Å². The second-order valence-corrected chi connectivity index (χ2v) is 24.3. The predicted octanol–water partition coefficient (Wildman–Crippen LogP) is 18.1. The van der Waals surface area contributed by atoms with Gasteiger partial charge in [-0.1, -0.05) is 287 Å². The van der Waals surface area contributed by atoms with Gasteiger partial charge in [-0.2, -0.15) is 0 Å². The molecular formula is C56H112O4Si2. The molecule has 0 rings (SSSR count). The maximum Gasteiger partial charge on any atom is 0.317 e. The van der Waals surface area contributed by atoms with Crippen LogP contribution in [-0.4, -0.2) is 31.5 Å². The normalized spacial score (nSPS) is 12.7. The summed E-state index contributed by atoms with van der Waals surface area (Å²) >= 11 is 0. The van der Waals surface area contributed by atoms with Crippen molar-refractivity contribution in [2.45, 2.75) is 322 Å². The average Bonchev–Trinajstić information content (AvgIpc) is 3.28.